The van der Waals surface area contributed by atoms with Crippen LogP contribution in [0.3, 0.4) is 0 Å². The van der Waals surface area contributed by atoms with Gasteiger partial charge in [0, 0.05) is 5.41 Å². The molecule has 0 spiro atoms. The molecule has 29 heavy (non-hydrogen) atoms. The van der Waals surface area contributed by atoms with E-state index in [1.165, 1.54) is 41.5 Å². The van der Waals surface area contributed by atoms with Crippen LogP contribution in [0.25, 0.3) is 5.57 Å². The molecule has 0 amide bonds. The molecule has 5 rings (SSSR count). The molecule has 0 radical (unpaired) electrons. The molecule has 0 aliphatic heterocycles. The van der Waals surface area contributed by atoms with E-state index in [4.69, 9.17) is 5.11 Å². The summed E-state index contributed by atoms with van der Waals surface area (Å²) in [6.45, 7) is 9.56. The van der Waals surface area contributed by atoms with Gasteiger partial charge < -0.3 is 5.11 Å². The number of hydrogen-bond acceptors (Lipinski definition) is 1. The fourth-order valence-corrected chi connectivity index (χ4v) is 5.83. The standard InChI is InChI=1S/C27H30O2/c1-25(2)13-14-26(3,4)22-15-19(9-10-21(22)25)27-12-11-20(23(27)16-27)17-5-7-18(8-6-17)24(28)29/h5-11,15,23H,12-14,16H2,1-4H3,(H,28,29). The normalized spacial score (nSPS) is 28.3. The second-order valence-corrected chi connectivity index (χ2v) is 10.7. The molecule has 2 aromatic carbocycles. The van der Waals surface area contributed by atoms with Crippen LogP contribution in [0.4, 0.5) is 0 Å². The molecule has 2 atom stereocenters. The van der Waals surface area contributed by atoms with Gasteiger partial charge in [0.2, 0.25) is 0 Å². The van der Waals surface area contributed by atoms with Crippen LogP contribution >= 0.6 is 0 Å². The highest BCUT2D eigenvalue weighted by atomic mass is 16.4. The third kappa shape index (κ3) is 2.72. The molecule has 2 unspecified atom stereocenters. The maximum absolute atomic E-state index is 11.1. The Hall–Kier alpha value is -2.35. The van der Waals surface area contributed by atoms with Crippen LogP contribution in [0, 0.1) is 5.92 Å². The molecule has 2 nitrogen and oxygen atoms in total. The van der Waals surface area contributed by atoms with Gasteiger partial charge in [-0.05, 0) is 82.4 Å². The Balaban J connectivity index is 1.47. The first-order valence-corrected chi connectivity index (χ1v) is 10.8. The molecule has 1 fully saturated rings. The van der Waals surface area contributed by atoms with Crippen molar-refractivity contribution in [3.8, 4) is 0 Å². The van der Waals surface area contributed by atoms with Gasteiger partial charge in [-0.2, -0.15) is 0 Å². The Morgan fingerprint density at radius 1 is 0.931 bits per heavy atom. The minimum absolute atomic E-state index is 0.239. The van der Waals surface area contributed by atoms with E-state index in [-0.39, 0.29) is 16.2 Å². The molecular weight excluding hydrogens is 356 g/mol. The van der Waals surface area contributed by atoms with Crippen molar-refractivity contribution >= 4 is 11.5 Å². The van der Waals surface area contributed by atoms with E-state index in [0.717, 1.165) is 6.42 Å². The van der Waals surface area contributed by atoms with E-state index in [1.54, 1.807) is 17.7 Å². The van der Waals surface area contributed by atoms with E-state index in [9.17, 15) is 4.79 Å². The summed E-state index contributed by atoms with van der Waals surface area (Å²) >= 11 is 0. The predicted molar refractivity (Wildman–Crippen MR) is 118 cm³/mol. The van der Waals surface area contributed by atoms with Gasteiger partial charge in [-0.15, -0.1) is 0 Å². The van der Waals surface area contributed by atoms with Gasteiger partial charge >= 0.3 is 5.97 Å². The molecule has 3 aliphatic carbocycles. The van der Waals surface area contributed by atoms with Crippen LogP contribution in [0.5, 0.6) is 0 Å². The summed E-state index contributed by atoms with van der Waals surface area (Å²) in [6, 6.07) is 14.7. The maximum Gasteiger partial charge on any atom is 0.335 e. The lowest BCUT2D eigenvalue weighted by Crippen LogP contribution is -2.34. The molecule has 1 N–H and O–H groups in total. The van der Waals surface area contributed by atoms with Crippen LogP contribution < -0.4 is 0 Å². The Bertz CT molecular complexity index is 1040. The van der Waals surface area contributed by atoms with Crippen molar-refractivity contribution in [2.45, 2.75) is 69.6 Å². The first kappa shape index (κ1) is 18.7. The van der Waals surface area contributed by atoms with E-state index in [2.05, 4.69) is 52.0 Å². The van der Waals surface area contributed by atoms with Gasteiger partial charge in [-0.3, -0.25) is 0 Å². The number of hydrogen-bond donors (Lipinski definition) is 1. The summed E-state index contributed by atoms with van der Waals surface area (Å²) < 4.78 is 0. The van der Waals surface area contributed by atoms with Gasteiger partial charge in [-0.1, -0.05) is 64.1 Å². The zero-order valence-electron chi connectivity index (χ0n) is 17.9. The topological polar surface area (TPSA) is 37.3 Å². The quantitative estimate of drug-likeness (QED) is 0.655. The third-order valence-electron chi connectivity index (χ3n) is 8.03. The molecule has 0 saturated heterocycles. The van der Waals surface area contributed by atoms with E-state index < -0.39 is 5.97 Å². The highest BCUT2D eigenvalue weighted by Gasteiger charge is 2.59. The van der Waals surface area contributed by atoms with Crippen LogP contribution in [-0.4, -0.2) is 11.1 Å². The minimum atomic E-state index is -0.864. The molecular formula is C27H30O2. The van der Waals surface area contributed by atoms with Gasteiger partial charge in [0.15, 0.2) is 0 Å². The number of allylic oxidation sites excluding steroid dienone is 2. The lowest BCUT2D eigenvalue weighted by atomic mass is 9.62. The van der Waals surface area contributed by atoms with Crippen molar-refractivity contribution in [2.24, 2.45) is 5.92 Å². The third-order valence-corrected chi connectivity index (χ3v) is 8.03. The van der Waals surface area contributed by atoms with Crippen molar-refractivity contribution in [1.82, 2.24) is 0 Å². The SMILES string of the molecule is CC1(C)CCC(C)(C)c2cc(C34CC=C(c5ccc(C(=O)O)cc5)C3C4)ccc21. The Morgan fingerprint density at radius 3 is 2.21 bits per heavy atom. The number of fused-ring (bicyclic) bond motifs is 2. The van der Waals surface area contributed by atoms with Crippen molar-refractivity contribution in [3.63, 3.8) is 0 Å². The van der Waals surface area contributed by atoms with Gasteiger partial charge in [0.1, 0.15) is 0 Å². The van der Waals surface area contributed by atoms with E-state index in [1.807, 2.05) is 12.1 Å². The zero-order valence-corrected chi connectivity index (χ0v) is 17.9. The number of benzene rings is 2. The van der Waals surface area contributed by atoms with Crippen molar-refractivity contribution in [1.29, 1.82) is 0 Å². The highest BCUT2D eigenvalue weighted by Crippen LogP contribution is 2.67. The summed E-state index contributed by atoms with van der Waals surface area (Å²) in [7, 11) is 0. The van der Waals surface area contributed by atoms with Gasteiger partial charge in [0.05, 0.1) is 5.56 Å². The summed E-state index contributed by atoms with van der Waals surface area (Å²) in [4.78, 5) is 11.1. The Labute approximate surface area is 173 Å². The molecule has 0 bridgehead atoms. The largest absolute Gasteiger partial charge is 0.478 e. The first-order chi connectivity index (χ1) is 13.6. The smallest absolute Gasteiger partial charge is 0.335 e. The van der Waals surface area contributed by atoms with Crippen molar-refractivity contribution in [2.75, 3.05) is 0 Å². The van der Waals surface area contributed by atoms with Gasteiger partial charge in [0.25, 0.3) is 0 Å². The van der Waals surface area contributed by atoms with Crippen molar-refractivity contribution in [3.05, 3.63) is 76.4 Å². The fourth-order valence-electron chi connectivity index (χ4n) is 5.83. The Morgan fingerprint density at radius 2 is 1.59 bits per heavy atom. The van der Waals surface area contributed by atoms with Crippen molar-refractivity contribution < 1.29 is 9.90 Å². The second-order valence-electron chi connectivity index (χ2n) is 10.7. The molecule has 2 heteroatoms. The van der Waals surface area contributed by atoms with Gasteiger partial charge in [-0.25, -0.2) is 4.79 Å². The minimum Gasteiger partial charge on any atom is -0.478 e. The summed E-state index contributed by atoms with van der Waals surface area (Å²) in [5.41, 5.74) is 8.27. The zero-order chi connectivity index (χ0) is 20.6. The first-order valence-electron chi connectivity index (χ1n) is 10.8. The summed E-state index contributed by atoms with van der Waals surface area (Å²) in [5.74, 6) is -0.298. The maximum atomic E-state index is 11.1. The van der Waals surface area contributed by atoms with Crippen LogP contribution in [-0.2, 0) is 16.2 Å². The summed E-state index contributed by atoms with van der Waals surface area (Å²) in [5, 5.41) is 9.15. The fraction of sp³-hybridized carbons (Fsp3) is 0.444. The lowest BCUT2D eigenvalue weighted by molar-refractivity contribution is 0.0697. The molecule has 0 aromatic heterocycles. The lowest BCUT2D eigenvalue weighted by Gasteiger charge is -2.42. The number of rotatable bonds is 3. The summed E-state index contributed by atoms with van der Waals surface area (Å²) in [6.07, 6.45) is 7.18. The highest BCUT2D eigenvalue weighted by molar-refractivity contribution is 5.88. The average Bonchev–Trinajstić information content (AvgIpc) is 3.31. The van der Waals surface area contributed by atoms with E-state index in [0.29, 0.717) is 11.5 Å². The predicted octanol–water partition coefficient (Wildman–Crippen LogP) is 6.48. The molecule has 1 saturated carbocycles. The number of carboxylic acid groups (broad SMARTS) is 1. The number of aromatic carboxylic acids is 1. The number of carbonyl (C=O) groups is 1. The molecule has 3 aliphatic rings. The van der Waals surface area contributed by atoms with Crippen LogP contribution in [0.2, 0.25) is 0 Å². The van der Waals surface area contributed by atoms with E-state index >= 15 is 0 Å². The van der Waals surface area contributed by atoms with Crippen LogP contribution in [0.1, 0.15) is 86.0 Å². The molecule has 150 valence electrons. The molecule has 0 heterocycles. The average molecular weight is 387 g/mol. The Kier molecular flexibility index (Phi) is 3.76. The van der Waals surface area contributed by atoms with Crippen LogP contribution in [0.15, 0.2) is 48.5 Å². The molecule has 2 aromatic rings. The number of carboxylic acids is 1. The monoisotopic (exact) mass is 386 g/mol. The second kappa shape index (κ2) is 5.84.